The summed E-state index contributed by atoms with van der Waals surface area (Å²) in [6.45, 7) is 11.7. The van der Waals surface area contributed by atoms with Gasteiger partial charge in [0.2, 0.25) is 0 Å². The number of ether oxygens (including phenoxy) is 1. The van der Waals surface area contributed by atoms with Crippen molar-refractivity contribution in [2.24, 2.45) is 17.8 Å². The van der Waals surface area contributed by atoms with Crippen molar-refractivity contribution in [3.05, 3.63) is 0 Å². The molecule has 1 heterocycles. The predicted octanol–water partition coefficient (Wildman–Crippen LogP) is 3.92. The van der Waals surface area contributed by atoms with E-state index in [0.717, 1.165) is 25.7 Å². The number of carbonyl (C=O) groups excluding carboxylic acids is 1. The maximum Gasteiger partial charge on any atom is 0.192 e. The van der Waals surface area contributed by atoms with Gasteiger partial charge >= 0.3 is 0 Å². The van der Waals surface area contributed by atoms with Crippen LogP contribution in [0.5, 0.6) is 0 Å². The molecule has 6 atom stereocenters. The largest absolute Gasteiger partial charge is 0.414 e. The number of hydrogen-bond donors (Lipinski definition) is 0. The Morgan fingerprint density at radius 3 is 2.64 bits per heavy atom. The lowest BCUT2D eigenvalue weighted by Gasteiger charge is -2.41. The minimum atomic E-state index is -1.75. The van der Waals surface area contributed by atoms with Crippen molar-refractivity contribution in [1.29, 1.82) is 0 Å². The Morgan fingerprint density at radius 2 is 1.95 bits per heavy atom. The Hall–Kier alpha value is -0.193. The van der Waals surface area contributed by atoms with Crippen LogP contribution in [0.3, 0.4) is 0 Å². The molecule has 0 aromatic rings. The van der Waals surface area contributed by atoms with Gasteiger partial charge in [0.25, 0.3) is 0 Å². The Morgan fingerprint density at radius 1 is 1.23 bits per heavy atom. The van der Waals surface area contributed by atoms with Crippen LogP contribution in [0, 0.1) is 17.8 Å². The maximum absolute atomic E-state index is 12.5. The molecule has 0 amide bonds. The highest BCUT2D eigenvalue weighted by Crippen LogP contribution is 2.64. The van der Waals surface area contributed by atoms with Gasteiger partial charge in [0.05, 0.1) is 0 Å². The van der Waals surface area contributed by atoms with Crippen LogP contribution in [0.4, 0.5) is 0 Å². The molecule has 3 saturated carbocycles. The third kappa shape index (κ3) is 1.96. The Kier molecular flexibility index (Phi) is 3.11. The van der Waals surface area contributed by atoms with Gasteiger partial charge in [-0.05, 0) is 62.1 Å². The summed E-state index contributed by atoms with van der Waals surface area (Å²) in [5.41, 5.74) is -0.0579. The summed E-state index contributed by atoms with van der Waals surface area (Å²) in [6, 6.07) is 0. The van der Waals surface area contributed by atoms with Gasteiger partial charge in [0.1, 0.15) is 11.7 Å². The number of carbonyl (C=O) groups is 1. The van der Waals surface area contributed by atoms with E-state index in [-0.39, 0.29) is 22.7 Å². The van der Waals surface area contributed by atoms with Crippen molar-refractivity contribution in [3.63, 3.8) is 0 Å². The van der Waals surface area contributed by atoms with Gasteiger partial charge in [-0.3, -0.25) is 4.79 Å². The molecule has 4 fully saturated rings. The first-order chi connectivity index (χ1) is 10.2. The van der Waals surface area contributed by atoms with E-state index < -0.39 is 8.32 Å². The van der Waals surface area contributed by atoms with Crippen molar-refractivity contribution < 1.29 is 14.0 Å². The molecule has 22 heavy (non-hydrogen) atoms. The van der Waals surface area contributed by atoms with Crippen LogP contribution in [0.2, 0.25) is 18.1 Å². The highest BCUT2D eigenvalue weighted by Gasteiger charge is 2.73. The van der Waals surface area contributed by atoms with E-state index in [1.807, 2.05) is 0 Å². The summed E-state index contributed by atoms with van der Waals surface area (Å²) < 4.78 is 12.8. The van der Waals surface area contributed by atoms with E-state index >= 15 is 0 Å². The molecule has 0 N–H and O–H groups in total. The van der Waals surface area contributed by atoms with Crippen molar-refractivity contribution in [2.45, 2.75) is 88.8 Å². The summed E-state index contributed by atoms with van der Waals surface area (Å²) in [4.78, 5) is 12.5. The number of epoxide rings is 1. The summed E-state index contributed by atoms with van der Waals surface area (Å²) >= 11 is 0. The number of fused-ring (bicyclic) bond motifs is 1. The molecule has 4 rings (SSSR count). The molecule has 0 unspecified atom stereocenters. The lowest BCUT2D eigenvalue weighted by Crippen LogP contribution is -2.46. The highest BCUT2D eigenvalue weighted by atomic mass is 28.4. The van der Waals surface area contributed by atoms with Crippen molar-refractivity contribution in [1.82, 2.24) is 0 Å². The third-order valence-electron chi connectivity index (χ3n) is 7.47. The molecular formula is C18H30O3Si. The average molecular weight is 323 g/mol. The smallest absolute Gasteiger partial charge is 0.192 e. The monoisotopic (exact) mass is 322 g/mol. The van der Waals surface area contributed by atoms with Crippen molar-refractivity contribution >= 4 is 14.1 Å². The van der Waals surface area contributed by atoms with E-state index in [2.05, 4.69) is 33.9 Å². The van der Waals surface area contributed by atoms with Gasteiger partial charge in [0.15, 0.2) is 14.1 Å². The van der Waals surface area contributed by atoms with Crippen LogP contribution in [0.15, 0.2) is 0 Å². The molecule has 0 aromatic heterocycles. The summed E-state index contributed by atoms with van der Waals surface area (Å²) in [6.07, 6.45) is 5.74. The van der Waals surface area contributed by atoms with E-state index in [0.29, 0.717) is 23.7 Å². The first kappa shape index (κ1) is 15.3. The molecule has 3 aliphatic carbocycles. The zero-order valence-corrected chi connectivity index (χ0v) is 15.6. The molecule has 2 bridgehead atoms. The summed E-state index contributed by atoms with van der Waals surface area (Å²) in [7, 11) is -1.75. The Labute approximate surface area is 135 Å². The third-order valence-corrected chi connectivity index (χ3v) is 12.0. The van der Waals surface area contributed by atoms with Crippen molar-refractivity contribution in [3.8, 4) is 0 Å². The number of rotatable bonds is 2. The van der Waals surface area contributed by atoms with Crippen molar-refractivity contribution in [2.75, 3.05) is 0 Å². The fraction of sp³-hybridized carbons (Fsp3) is 0.944. The molecule has 4 heteroatoms. The molecule has 3 nitrogen and oxygen atoms in total. The lowest BCUT2D eigenvalue weighted by molar-refractivity contribution is -0.125. The highest BCUT2D eigenvalue weighted by molar-refractivity contribution is 6.74. The molecule has 0 aromatic carbocycles. The number of ketones is 1. The zero-order valence-electron chi connectivity index (χ0n) is 14.6. The van der Waals surface area contributed by atoms with Gasteiger partial charge in [-0.1, -0.05) is 20.8 Å². The SMILES string of the molecule is CC(C)(C)[Si](C)(C)O[C@@H]1CC[C@@H]2C[C@@H]3[C@H]1CC[C@@]31O[C@H]1C2=O. The van der Waals surface area contributed by atoms with E-state index in [4.69, 9.17) is 9.16 Å². The first-order valence-electron chi connectivity index (χ1n) is 9.05. The van der Waals surface area contributed by atoms with Crippen LogP contribution in [-0.4, -0.2) is 31.9 Å². The lowest BCUT2D eigenvalue weighted by atomic mass is 9.73. The van der Waals surface area contributed by atoms with Gasteiger partial charge < -0.3 is 9.16 Å². The fourth-order valence-corrected chi connectivity index (χ4v) is 6.50. The first-order valence-corrected chi connectivity index (χ1v) is 12.0. The maximum atomic E-state index is 12.5. The number of hydrogen-bond acceptors (Lipinski definition) is 3. The van der Waals surface area contributed by atoms with Gasteiger partial charge in [0, 0.05) is 12.0 Å². The quantitative estimate of drug-likeness (QED) is 0.571. The molecule has 4 aliphatic rings. The van der Waals surface area contributed by atoms with E-state index in [1.54, 1.807) is 0 Å². The van der Waals surface area contributed by atoms with Crippen LogP contribution in [0.1, 0.15) is 52.9 Å². The van der Waals surface area contributed by atoms with E-state index in [9.17, 15) is 4.79 Å². The standard InChI is InChI=1S/C18H30O3Si/c1-17(2,3)22(4,5)21-14-7-6-11-10-13-12(14)8-9-18(13)16(20-18)15(11)19/h11-14,16H,6-10H2,1-5H3/t11-,12-,13-,14-,16+,18-/m1/s1. The minimum Gasteiger partial charge on any atom is -0.414 e. The van der Waals surface area contributed by atoms with Gasteiger partial charge in [-0.25, -0.2) is 0 Å². The second kappa shape index (κ2) is 4.45. The Balaban J connectivity index is 1.60. The van der Waals surface area contributed by atoms with Crippen LogP contribution in [0.25, 0.3) is 0 Å². The topological polar surface area (TPSA) is 38.8 Å². The molecule has 1 saturated heterocycles. The van der Waals surface area contributed by atoms with E-state index in [1.165, 1.54) is 6.42 Å². The Bertz CT molecular complexity index is 509. The average Bonchev–Trinajstić information content (AvgIpc) is 3.06. The zero-order chi connectivity index (χ0) is 15.9. The predicted molar refractivity (Wildman–Crippen MR) is 88.2 cm³/mol. The number of Topliss-reactive ketones (excluding diaryl/α,β-unsaturated/α-hetero) is 1. The van der Waals surface area contributed by atoms with Gasteiger partial charge in [-0.2, -0.15) is 0 Å². The van der Waals surface area contributed by atoms with Crippen LogP contribution in [-0.2, 0) is 14.0 Å². The summed E-state index contributed by atoms with van der Waals surface area (Å²) in [5.74, 6) is 1.86. The molecule has 1 spiro atoms. The normalized spacial score (nSPS) is 47.1. The molecule has 0 radical (unpaired) electrons. The van der Waals surface area contributed by atoms with Crippen LogP contribution < -0.4 is 0 Å². The summed E-state index contributed by atoms with van der Waals surface area (Å²) in [5, 5.41) is 0.249. The van der Waals surface area contributed by atoms with Gasteiger partial charge in [-0.15, -0.1) is 0 Å². The molecular weight excluding hydrogens is 292 g/mol. The fourth-order valence-electron chi connectivity index (χ4n) is 5.09. The second-order valence-corrected chi connectivity index (χ2v) is 14.3. The molecule has 1 aliphatic heterocycles. The minimum absolute atomic E-state index is 0.0483. The second-order valence-electron chi connectivity index (χ2n) is 9.59. The molecule has 124 valence electrons. The van der Waals surface area contributed by atoms with Crippen LogP contribution >= 0.6 is 0 Å².